The highest BCUT2D eigenvalue weighted by atomic mass is 32.2. The van der Waals surface area contributed by atoms with Gasteiger partial charge in [0.15, 0.2) is 0 Å². The molecule has 2 nitrogen and oxygen atoms in total. The Morgan fingerprint density at radius 2 is 2.00 bits per heavy atom. The number of thiazole rings is 1. The average Bonchev–Trinajstić information content (AvgIpc) is 2.77. The Morgan fingerprint density at radius 1 is 1.22 bits per heavy atom. The highest BCUT2D eigenvalue weighted by molar-refractivity contribution is 7.99. The van der Waals surface area contributed by atoms with E-state index >= 15 is 0 Å². The minimum atomic E-state index is -0.224. The summed E-state index contributed by atoms with van der Waals surface area (Å²) < 4.78 is 0. The van der Waals surface area contributed by atoms with Gasteiger partial charge in [-0.25, -0.2) is 4.98 Å². The molecule has 1 unspecified atom stereocenters. The van der Waals surface area contributed by atoms with Crippen LogP contribution in [0.25, 0.3) is 0 Å². The Labute approximate surface area is 118 Å². The number of fused-ring (bicyclic) bond motifs is 1. The van der Waals surface area contributed by atoms with Crippen molar-refractivity contribution >= 4 is 23.1 Å². The van der Waals surface area contributed by atoms with Gasteiger partial charge < -0.3 is 5.73 Å². The lowest BCUT2D eigenvalue weighted by Gasteiger charge is -2.46. The summed E-state index contributed by atoms with van der Waals surface area (Å²) in [5.74, 6) is 2.25. The number of rotatable bonds is 1. The molecule has 0 bridgehead atoms. The van der Waals surface area contributed by atoms with Crippen molar-refractivity contribution in [2.24, 2.45) is 11.1 Å². The molecule has 0 aromatic carbocycles. The van der Waals surface area contributed by atoms with Crippen molar-refractivity contribution in [1.29, 1.82) is 0 Å². The van der Waals surface area contributed by atoms with Crippen LogP contribution in [0.15, 0.2) is 0 Å². The standard InChI is InChI=1S/C14H22N2S2/c1-13(2)7-8-17-9-14(13,15)12-16-10-5-3-4-6-11(10)18-12/h3-9,15H2,1-2H3. The van der Waals surface area contributed by atoms with Gasteiger partial charge in [0, 0.05) is 10.6 Å². The second kappa shape index (κ2) is 4.50. The molecule has 1 atom stereocenters. The third kappa shape index (κ3) is 1.93. The van der Waals surface area contributed by atoms with Crippen molar-refractivity contribution in [3.05, 3.63) is 15.6 Å². The summed E-state index contributed by atoms with van der Waals surface area (Å²) in [5, 5.41) is 1.20. The van der Waals surface area contributed by atoms with Crippen LogP contribution < -0.4 is 5.73 Å². The first-order valence-electron chi connectivity index (χ1n) is 6.89. The Kier molecular flexibility index (Phi) is 3.23. The summed E-state index contributed by atoms with van der Waals surface area (Å²) in [6.45, 7) is 4.63. The van der Waals surface area contributed by atoms with Gasteiger partial charge in [0.2, 0.25) is 0 Å². The van der Waals surface area contributed by atoms with Crippen molar-refractivity contribution < 1.29 is 0 Å². The van der Waals surface area contributed by atoms with Crippen LogP contribution in [0.4, 0.5) is 0 Å². The SMILES string of the molecule is CC1(C)CCSCC1(N)c1nc2c(s1)CCCC2. The maximum atomic E-state index is 6.80. The topological polar surface area (TPSA) is 38.9 Å². The molecular formula is C14H22N2S2. The van der Waals surface area contributed by atoms with Crippen molar-refractivity contribution in [3.63, 3.8) is 0 Å². The largest absolute Gasteiger partial charge is 0.318 e. The molecular weight excluding hydrogens is 260 g/mol. The second-order valence-electron chi connectivity index (χ2n) is 6.25. The average molecular weight is 282 g/mol. The molecule has 18 heavy (non-hydrogen) atoms. The molecule has 3 rings (SSSR count). The van der Waals surface area contributed by atoms with Gasteiger partial charge in [-0.15, -0.1) is 11.3 Å². The zero-order valence-corrected chi connectivity index (χ0v) is 12.9. The summed E-state index contributed by atoms with van der Waals surface area (Å²) in [7, 11) is 0. The molecule has 4 heteroatoms. The van der Waals surface area contributed by atoms with Gasteiger partial charge >= 0.3 is 0 Å². The third-order valence-electron chi connectivity index (χ3n) is 4.64. The Morgan fingerprint density at radius 3 is 2.72 bits per heavy atom. The lowest BCUT2D eigenvalue weighted by molar-refractivity contribution is 0.175. The zero-order valence-electron chi connectivity index (χ0n) is 11.3. The monoisotopic (exact) mass is 282 g/mol. The highest BCUT2D eigenvalue weighted by Gasteiger charge is 2.47. The number of thioether (sulfide) groups is 1. The number of hydrogen-bond donors (Lipinski definition) is 1. The van der Waals surface area contributed by atoms with Gasteiger partial charge in [0.25, 0.3) is 0 Å². The van der Waals surface area contributed by atoms with Gasteiger partial charge in [-0.1, -0.05) is 13.8 Å². The molecule has 100 valence electrons. The molecule has 2 N–H and O–H groups in total. The number of hydrogen-bond acceptors (Lipinski definition) is 4. The fourth-order valence-corrected chi connectivity index (χ4v) is 6.04. The third-order valence-corrected chi connectivity index (χ3v) is 7.12. The smallest absolute Gasteiger partial charge is 0.114 e. The Bertz CT molecular complexity index is 429. The molecule has 2 heterocycles. The van der Waals surface area contributed by atoms with E-state index in [2.05, 4.69) is 13.8 Å². The van der Waals surface area contributed by atoms with E-state index in [4.69, 9.17) is 10.7 Å². The fraction of sp³-hybridized carbons (Fsp3) is 0.786. The first-order valence-corrected chi connectivity index (χ1v) is 8.86. The molecule has 0 saturated carbocycles. The Hall–Kier alpha value is -0.0600. The second-order valence-corrected chi connectivity index (χ2v) is 8.44. The van der Waals surface area contributed by atoms with Crippen molar-refractivity contribution in [1.82, 2.24) is 4.98 Å². The quantitative estimate of drug-likeness (QED) is 0.858. The minimum Gasteiger partial charge on any atom is -0.318 e. The van der Waals surface area contributed by atoms with Crippen LogP contribution in [-0.2, 0) is 18.4 Å². The lowest BCUT2D eigenvalue weighted by atomic mass is 9.72. The highest BCUT2D eigenvalue weighted by Crippen LogP contribution is 2.48. The van der Waals surface area contributed by atoms with Gasteiger partial charge in [-0.2, -0.15) is 11.8 Å². The number of nitrogens with two attached hydrogens (primary N) is 1. The van der Waals surface area contributed by atoms with Crippen LogP contribution in [0.2, 0.25) is 0 Å². The molecule has 1 saturated heterocycles. The predicted molar refractivity (Wildman–Crippen MR) is 80.3 cm³/mol. The van der Waals surface area contributed by atoms with Crippen molar-refractivity contribution in [2.75, 3.05) is 11.5 Å². The van der Waals surface area contributed by atoms with E-state index in [-0.39, 0.29) is 11.0 Å². The van der Waals surface area contributed by atoms with Gasteiger partial charge in [-0.3, -0.25) is 0 Å². The summed E-state index contributed by atoms with van der Waals surface area (Å²) in [6, 6.07) is 0. The number of nitrogens with zero attached hydrogens (tertiary/aromatic N) is 1. The van der Waals surface area contributed by atoms with Crippen LogP contribution >= 0.6 is 23.1 Å². The molecule has 0 amide bonds. The first kappa shape index (κ1) is 12.9. The maximum Gasteiger partial charge on any atom is 0.114 e. The predicted octanol–water partition coefficient (Wildman–Crippen LogP) is 3.34. The summed E-state index contributed by atoms with van der Waals surface area (Å²) in [6.07, 6.45) is 6.20. The number of aromatic nitrogens is 1. The first-order chi connectivity index (χ1) is 8.53. The van der Waals surface area contributed by atoms with Crippen LogP contribution in [0, 0.1) is 5.41 Å². The minimum absolute atomic E-state index is 0.165. The van der Waals surface area contributed by atoms with E-state index in [9.17, 15) is 0 Å². The molecule has 2 aliphatic rings. The van der Waals surface area contributed by atoms with Crippen molar-refractivity contribution in [2.45, 2.75) is 51.5 Å². The number of aryl methyl sites for hydroxylation is 2. The molecule has 1 aliphatic heterocycles. The fourth-order valence-electron chi connectivity index (χ4n) is 2.87. The summed E-state index contributed by atoms with van der Waals surface area (Å²) in [5.41, 5.74) is 8.08. The molecule has 0 radical (unpaired) electrons. The Balaban J connectivity index is 1.99. The maximum absolute atomic E-state index is 6.80. The van der Waals surface area contributed by atoms with E-state index < -0.39 is 0 Å². The molecule has 1 aromatic rings. The van der Waals surface area contributed by atoms with Crippen LogP contribution in [-0.4, -0.2) is 16.5 Å². The molecule has 1 aromatic heterocycles. The lowest BCUT2D eigenvalue weighted by Crippen LogP contribution is -2.54. The summed E-state index contributed by atoms with van der Waals surface area (Å²) in [4.78, 5) is 6.43. The van der Waals surface area contributed by atoms with E-state index in [1.54, 1.807) is 0 Å². The van der Waals surface area contributed by atoms with Gasteiger partial charge in [-0.05, 0) is 43.3 Å². The normalized spacial score (nSPS) is 31.1. The molecule has 1 aliphatic carbocycles. The van der Waals surface area contributed by atoms with E-state index in [1.807, 2.05) is 23.1 Å². The zero-order chi connectivity index (χ0) is 12.8. The molecule has 1 fully saturated rings. The van der Waals surface area contributed by atoms with E-state index in [1.165, 1.54) is 47.0 Å². The van der Waals surface area contributed by atoms with Crippen LogP contribution in [0.5, 0.6) is 0 Å². The van der Waals surface area contributed by atoms with E-state index in [0.29, 0.717) is 0 Å². The van der Waals surface area contributed by atoms with Crippen LogP contribution in [0.3, 0.4) is 0 Å². The molecule has 0 spiro atoms. The van der Waals surface area contributed by atoms with Gasteiger partial charge in [0.05, 0.1) is 11.2 Å². The summed E-state index contributed by atoms with van der Waals surface area (Å²) >= 11 is 3.88. The van der Waals surface area contributed by atoms with Crippen molar-refractivity contribution in [3.8, 4) is 0 Å². The van der Waals surface area contributed by atoms with Crippen LogP contribution in [0.1, 0.15) is 48.7 Å². The van der Waals surface area contributed by atoms with Gasteiger partial charge in [0.1, 0.15) is 5.01 Å². The van der Waals surface area contributed by atoms with E-state index in [0.717, 1.165) is 12.2 Å².